The largest absolute Gasteiger partial charge is 0.493 e. The lowest BCUT2D eigenvalue weighted by atomic mass is 9.81. The smallest absolute Gasteiger partial charge is 0.264 e. The number of ether oxygens (including phenoxy) is 3. The van der Waals surface area contributed by atoms with Crippen molar-refractivity contribution in [3.8, 4) is 17.2 Å². The fraction of sp³-hybridized carbons (Fsp3) is 0.476. The molecule has 1 amide bonds. The summed E-state index contributed by atoms with van der Waals surface area (Å²) in [5, 5.41) is 1.98. The molecule has 0 aliphatic carbocycles. The molecule has 3 rings (SSSR count). The van der Waals surface area contributed by atoms with Gasteiger partial charge in [0, 0.05) is 28.9 Å². The van der Waals surface area contributed by atoms with E-state index in [-0.39, 0.29) is 17.1 Å². The van der Waals surface area contributed by atoms with E-state index in [2.05, 4.69) is 0 Å². The number of thiophene rings is 1. The zero-order chi connectivity index (χ0) is 22.6. The highest BCUT2D eigenvalue weighted by Crippen LogP contribution is 2.43. The van der Waals surface area contributed by atoms with Gasteiger partial charge in [-0.05, 0) is 42.8 Å². The van der Waals surface area contributed by atoms with Crippen LogP contribution < -0.4 is 14.2 Å². The third kappa shape index (κ3) is 5.13. The number of carbonyl (C=O) groups is 1. The second-order valence-corrected chi connectivity index (χ2v) is 10.1. The molecule has 1 unspecified atom stereocenters. The number of hydrogen-bond donors (Lipinski definition) is 1. The van der Waals surface area contributed by atoms with Gasteiger partial charge in [-0.3, -0.25) is 9.35 Å². The standard InChI is InChI=1S/C21H27NO7S2/c1-27-16-12-15(13-17(28-2)19(16)29-3)20(23)22-9-8-21(14-22,18-6-4-10-30-18)7-5-11-31(24,25)26/h4,6,10,12-13H,5,7-9,11,14H2,1-3H3,(H,24,25,26). The summed E-state index contributed by atoms with van der Waals surface area (Å²) in [6, 6.07) is 7.24. The van der Waals surface area contributed by atoms with Gasteiger partial charge in [-0.25, -0.2) is 0 Å². The Bertz CT molecular complexity index is 995. The minimum absolute atomic E-state index is 0.160. The molecule has 1 N–H and O–H groups in total. The Morgan fingerprint density at radius 3 is 2.39 bits per heavy atom. The Hall–Kier alpha value is -2.30. The van der Waals surface area contributed by atoms with Crippen LogP contribution in [-0.2, 0) is 15.5 Å². The second-order valence-electron chi connectivity index (χ2n) is 7.54. The molecule has 1 aromatic heterocycles. The topological polar surface area (TPSA) is 102 Å². The van der Waals surface area contributed by atoms with Gasteiger partial charge in [0.25, 0.3) is 16.0 Å². The van der Waals surface area contributed by atoms with E-state index in [1.54, 1.807) is 28.4 Å². The Kier molecular flexibility index (Phi) is 7.13. The van der Waals surface area contributed by atoms with E-state index >= 15 is 0 Å². The molecule has 0 radical (unpaired) electrons. The summed E-state index contributed by atoms with van der Waals surface area (Å²) in [6.45, 7) is 1.01. The number of amides is 1. The maximum Gasteiger partial charge on any atom is 0.264 e. The molecule has 1 atom stereocenters. The van der Waals surface area contributed by atoms with Gasteiger partial charge in [0.05, 0.1) is 27.1 Å². The summed E-state index contributed by atoms with van der Waals surface area (Å²) in [5.41, 5.74) is 0.0872. The molecule has 1 aliphatic heterocycles. The normalized spacial score (nSPS) is 18.8. The van der Waals surface area contributed by atoms with Gasteiger partial charge in [0.1, 0.15) is 0 Å². The number of rotatable bonds is 9. The fourth-order valence-corrected chi connectivity index (χ4v) is 5.62. The van der Waals surface area contributed by atoms with Gasteiger partial charge in [-0.2, -0.15) is 8.42 Å². The number of likely N-dealkylation sites (tertiary alicyclic amines) is 1. The molecule has 31 heavy (non-hydrogen) atoms. The molecule has 1 fully saturated rings. The van der Waals surface area contributed by atoms with Crippen LogP contribution in [0.1, 0.15) is 34.5 Å². The van der Waals surface area contributed by atoms with Crippen LogP contribution in [0.2, 0.25) is 0 Å². The van der Waals surface area contributed by atoms with Crippen LogP contribution in [0.5, 0.6) is 17.2 Å². The van der Waals surface area contributed by atoms with Crippen molar-refractivity contribution in [2.24, 2.45) is 0 Å². The Labute approximate surface area is 186 Å². The van der Waals surface area contributed by atoms with E-state index in [0.717, 1.165) is 11.3 Å². The van der Waals surface area contributed by atoms with Crippen molar-refractivity contribution >= 4 is 27.4 Å². The summed E-state index contributed by atoms with van der Waals surface area (Å²) in [4.78, 5) is 16.2. The third-order valence-corrected chi connectivity index (χ3v) is 7.58. The fourth-order valence-electron chi connectivity index (χ4n) is 4.13. The lowest BCUT2D eigenvalue weighted by Gasteiger charge is -2.28. The summed E-state index contributed by atoms with van der Waals surface area (Å²) in [5.74, 6) is 0.777. The van der Waals surface area contributed by atoms with E-state index in [1.807, 2.05) is 17.5 Å². The maximum atomic E-state index is 13.3. The van der Waals surface area contributed by atoms with E-state index < -0.39 is 10.1 Å². The van der Waals surface area contributed by atoms with Gasteiger partial charge < -0.3 is 19.1 Å². The Morgan fingerprint density at radius 2 is 1.87 bits per heavy atom. The summed E-state index contributed by atoms with van der Waals surface area (Å²) >= 11 is 1.60. The van der Waals surface area contributed by atoms with Gasteiger partial charge in [-0.15, -0.1) is 11.3 Å². The van der Waals surface area contributed by atoms with Crippen LogP contribution >= 0.6 is 11.3 Å². The molecular formula is C21H27NO7S2. The van der Waals surface area contributed by atoms with Crippen LogP contribution in [0.4, 0.5) is 0 Å². The molecule has 2 heterocycles. The highest BCUT2D eigenvalue weighted by molar-refractivity contribution is 7.85. The number of benzene rings is 1. The molecule has 1 aromatic carbocycles. The minimum atomic E-state index is -4.02. The summed E-state index contributed by atoms with van der Waals surface area (Å²) < 4.78 is 47.5. The summed E-state index contributed by atoms with van der Waals surface area (Å²) in [7, 11) is 0.478. The highest BCUT2D eigenvalue weighted by atomic mass is 32.2. The maximum absolute atomic E-state index is 13.3. The number of hydrogen-bond acceptors (Lipinski definition) is 7. The van der Waals surface area contributed by atoms with Crippen molar-refractivity contribution in [2.75, 3.05) is 40.2 Å². The first kappa shape index (κ1) is 23.4. The molecule has 1 saturated heterocycles. The van der Waals surface area contributed by atoms with Crippen molar-refractivity contribution in [3.63, 3.8) is 0 Å². The molecule has 8 nitrogen and oxygen atoms in total. The molecule has 0 spiro atoms. The third-order valence-electron chi connectivity index (χ3n) is 5.65. The van der Waals surface area contributed by atoms with Crippen LogP contribution in [0, 0.1) is 0 Å². The van der Waals surface area contributed by atoms with Gasteiger partial charge in [0.2, 0.25) is 5.75 Å². The Balaban J connectivity index is 1.85. The molecule has 170 valence electrons. The van der Waals surface area contributed by atoms with Crippen LogP contribution in [0.25, 0.3) is 0 Å². The predicted octanol–water partition coefficient (Wildman–Crippen LogP) is 3.23. The Morgan fingerprint density at radius 1 is 1.19 bits per heavy atom. The van der Waals surface area contributed by atoms with Crippen molar-refractivity contribution in [3.05, 3.63) is 40.1 Å². The first-order valence-electron chi connectivity index (χ1n) is 9.81. The van der Waals surface area contributed by atoms with E-state index in [0.29, 0.717) is 48.7 Å². The number of nitrogens with zero attached hydrogens (tertiary/aromatic N) is 1. The zero-order valence-electron chi connectivity index (χ0n) is 17.8. The van der Waals surface area contributed by atoms with Crippen LogP contribution in [0.15, 0.2) is 29.6 Å². The van der Waals surface area contributed by atoms with E-state index in [9.17, 15) is 13.2 Å². The average Bonchev–Trinajstić information content (AvgIpc) is 3.42. The first-order valence-corrected chi connectivity index (χ1v) is 12.3. The molecule has 2 aromatic rings. The molecular weight excluding hydrogens is 442 g/mol. The molecule has 10 heteroatoms. The van der Waals surface area contributed by atoms with Crippen molar-refractivity contribution in [2.45, 2.75) is 24.7 Å². The van der Waals surface area contributed by atoms with Crippen molar-refractivity contribution in [1.82, 2.24) is 4.90 Å². The lowest BCUT2D eigenvalue weighted by Crippen LogP contribution is -2.34. The van der Waals surface area contributed by atoms with Gasteiger partial charge >= 0.3 is 0 Å². The minimum Gasteiger partial charge on any atom is -0.493 e. The predicted molar refractivity (Wildman–Crippen MR) is 118 cm³/mol. The monoisotopic (exact) mass is 469 g/mol. The first-order chi connectivity index (χ1) is 14.7. The highest BCUT2D eigenvalue weighted by Gasteiger charge is 2.42. The quantitative estimate of drug-likeness (QED) is 0.563. The number of carbonyl (C=O) groups excluding carboxylic acids is 1. The van der Waals surface area contributed by atoms with Crippen LogP contribution in [0.3, 0.4) is 0 Å². The number of methoxy groups -OCH3 is 3. The summed E-state index contributed by atoms with van der Waals surface area (Å²) in [6.07, 6.45) is 1.60. The van der Waals surface area contributed by atoms with Gasteiger partial charge in [0.15, 0.2) is 11.5 Å². The van der Waals surface area contributed by atoms with Gasteiger partial charge in [-0.1, -0.05) is 6.07 Å². The van der Waals surface area contributed by atoms with Crippen LogP contribution in [-0.4, -0.2) is 63.9 Å². The average molecular weight is 470 g/mol. The van der Waals surface area contributed by atoms with Crippen molar-refractivity contribution in [1.29, 1.82) is 0 Å². The molecule has 1 aliphatic rings. The van der Waals surface area contributed by atoms with E-state index in [4.69, 9.17) is 18.8 Å². The molecule has 0 bridgehead atoms. The van der Waals surface area contributed by atoms with Crippen molar-refractivity contribution < 1.29 is 32.0 Å². The second kappa shape index (κ2) is 9.46. The lowest BCUT2D eigenvalue weighted by molar-refractivity contribution is 0.0781. The zero-order valence-corrected chi connectivity index (χ0v) is 19.4. The SMILES string of the molecule is COc1cc(C(=O)N2CCC(CCCS(=O)(=O)O)(c3cccs3)C2)cc(OC)c1OC. The molecule has 0 saturated carbocycles. The van der Waals surface area contributed by atoms with E-state index in [1.165, 1.54) is 21.3 Å².